The fourth-order valence-corrected chi connectivity index (χ4v) is 2.99. The third-order valence-corrected chi connectivity index (χ3v) is 4.10. The number of hydrogen-bond donors (Lipinski definition) is 1. The highest BCUT2D eigenvalue weighted by Crippen LogP contribution is 2.22. The number of halogens is 1. The van der Waals surface area contributed by atoms with Crippen molar-refractivity contribution in [2.45, 2.75) is 5.37 Å². The van der Waals surface area contributed by atoms with Crippen LogP contribution >= 0.6 is 0 Å². The molecule has 2 rings (SSSR count). The highest BCUT2D eigenvalue weighted by molar-refractivity contribution is 7.91. The van der Waals surface area contributed by atoms with Gasteiger partial charge in [0.2, 0.25) is 0 Å². The SMILES string of the molecule is CS(=O)(=O)C1CNCCN1c1ccn[c]c1F. The normalized spacial score (nSPS) is 21.5. The Kier molecular flexibility index (Phi) is 3.30. The summed E-state index contributed by atoms with van der Waals surface area (Å²) in [6.07, 6.45) is 4.75. The first-order chi connectivity index (χ1) is 8.00. The Morgan fingerprint density at radius 1 is 1.65 bits per heavy atom. The average molecular weight is 258 g/mol. The number of rotatable bonds is 2. The summed E-state index contributed by atoms with van der Waals surface area (Å²) in [6, 6.07) is 1.47. The number of hydrogen-bond acceptors (Lipinski definition) is 5. The molecular formula is C10H13FN3O2S. The van der Waals surface area contributed by atoms with E-state index in [4.69, 9.17) is 0 Å². The number of nitrogens with zero attached hydrogens (tertiary/aromatic N) is 2. The van der Waals surface area contributed by atoms with Gasteiger partial charge < -0.3 is 10.2 Å². The number of pyridine rings is 1. The first-order valence-corrected chi connectivity index (χ1v) is 7.14. The molecule has 0 saturated carbocycles. The van der Waals surface area contributed by atoms with Gasteiger partial charge in [-0.05, 0) is 6.07 Å². The van der Waals surface area contributed by atoms with Crippen LogP contribution in [0.1, 0.15) is 0 Å². The summed E-state index contributed by atoms with van der Waals surface area (Å²) in [7, 11) is -3.28. The fraction of sp³-hybridized carbons (Fsp3) is 0.500. The van der Waals surface area contributed by atoms with E-state index >= 15 is 0 Å². The summed E-state index contributed by atoms with van der Waals surface area (Å²) in [5.41, 5.74) is 0.233. The smallest absolute Gasteiger partial charge is 0.174 e. The van der Waals surface area contributed by atoms with Crippen LogP contribution in [0, 0.1) is 12.0 Å². The van der Waals surface area contributed by atoms with Crippen molar-refractivity contribution in [3.05, 3.63) is 24.3 Å². The molecule has 0 amide bonds. The highest BCUT2D eigenvalue weighted by atomic mass is 32.2. The zero-order valence-corrected chi connectivity index (χ0v) is 10.2. The van der Waals surface area contributed by atoms with Crippen molar-refractivity contribution in [3.63, 3.8) is 0 Å². The summed E-state index contributed by atoms with van der Waals surface area (Å²) in [4.78, 5) is 5.08. The molecule has 17 heavy (non-hydrogen) atoms. The number of sulfone groups is 1. The van der Waals surface area contributed by atoms with E-state index in [0.29, 0.717) is 19.6 Å². The molecule has 93 valence electrons. The Balaban J connectivity index is 2.38. The van der Waals surface area contributed by atoms with E-state index < -0.39 is 21.0 Å². The second-order valence-corrected chi connectivity index (χ2v) is 6.14. The molecule has 1 aliphatic rings. The van der Waals surface area contributed by atoms with E-state index in [1.54, 1.807) is 4.90 Å². The van der Waals surface area contributed by atoms with Crippen molar-refractivity contribution in [2.75, 3.05) is 30.8 Å². The maximum Gasteiger partial charge on any atom is 0.174 e. The van der Waals surface area contributed by atoms with Gasteiger partial charge in [0.05, 0.1) is 5.69 Å². The molecule has 2 heterocycles. The Morgan fingerprint density at radius 2 is 2.41 bits per heavy atom. The summed E-state index contributed by atoms with van der Waals surface area (Å²) in [5, 5.41) is 2.24. The summed E-state index contributed by atoms with van der Waals surface area (Å²) >= 11 is 0. The lowest BCUT2D eigenvalue weighted by Crippen LogP contribution is -2.55. The molecule has 1 fully saturated rings. The van der Waals surface area contributed by atoms with Gasteiger partial charge >= 0.3 is 0 Å². The second-order valence-electron chi connectivity index (χ2n) is 3.94. The van der Waals surface area contributed by atoms with Crippen LogP contribution in [0.3, 0.4) is 0 Å². The van der Waals surface area contributed by atoms with Crippen LogP contribution in [0.5, 0.6) is 0 Å². The number of nitrogens with one attached hydrogen (secondary N) is 1. The van der Waals surface area contributed by atoms with E-state index in [2.05, 4.69) is 16.5 Å². The van der Waals surface area contributed by atoms with Crippen molar-refractivity contribution in [3.8, 4) is 0 Å². The van der Waals surface area contributed by atoms with E-state index in [0.717, 1.165) is 6.26 Å². The van der Waals surface area contributed by atoms with Gasteiger partial charge in [0.15, 0.2) is 15.7 Å². The van der Waals surface area contributed by atoms with E-state index in [-0.39, 0.29) is 5.69 Å². The van der Waals surface area contributed by atoms with Gasteiger partial charge in [-0.1, -0.05) is 0 Å². The van der Waals surface area contributed by atoms with Crippen LogP contribution in [-0.2, 0) is 9.84 Å². The quantitative estimate of drug-likeness (QED) is 0.796. The van der Waals surface area contributed by atoms with Crippen LogP contribution in [-0.4, -0.2) is 44.7 Å². The molecule has 1 N–H and O–H groups in total. The van der Waals surface area contributed by atoms with Crippen LogP contribution in [0.2, 0.25) is 0 Å². The van der Waals surface area contributed by atoms with Crippen molar-refractivity contribution in [2.24, 2.45) is 0 Å². The standard InChI is InChI=1S/C10H13FN3O2S/c1-17(15,16)10-7-13-4-5-14(10)9-2-3-12-6-8(9)11/h2-3,10,13H,4-5,7H2,1H3. The van der Waals surface area contributed by atoms with Crippen LogP contribution in [0.4, 0.5) is 10.1 Å². The van der Waals surface area contributed by atoms with Crippen LogP contribution in [0.25, 0.3) is 0 Å². The molecule has 1 unspecified atom stereocenters. The van der Waals surface area contributed by atoms with Crippen molar-refractivity contribution >= 4 is 15.5 Å². The summed E-state index contributed by atoms with van der Waals surface area (Å²) in [5.74, 6) is -0.622. The van der Waals surface area contributed by atoms with Gasteiger partial charge in [-0.3, -0.25) is 4.98 Å². The molecule has 0 spiro atoms. The third-order valence-electron chi connectivity index (χ3n) is 2.69. The predicted molar refractivity (Wildman–Crippen MR) is 61.9 cm³/mol. The summed E-state index contributed by atoms with van der Waals surface area (Å²) in [6.45, 7) is 1.35. The largest absolute Gasteiger partial charge is 0.350 e. The minimum Gasteiger partial charge on any atom is -0.350 e. The molecule has 1 aromatic rings. The third kappa shape index (κ3) is 2.55. The molecule has 1 saturated heterocycles. The van der Waals surface area contributed by atoms with Crippen LogP contribution in [0.15, 0.2) is 12.3 Å². The topological polar surface area (TPSA) is 62.3 Å². The monoisotopic (exact) mass is 258 g/mol. The Hall–Kier alpha value is -1.21. The highest BCUT2D eigenvalue weighted by Gasteiger charge is 2.31. The van der Waals surface area contributed by atoms with Gasteiger partial charge in [0.1, 0.15) is 11.6 Å². The predicted octanol–water partition coefficient (Wildman–Crippen LogP) is -0.199. The first kappa shape index (κ1) is 12.3. The number of anilines is 1. The van der Waals surface area contributed by atoms with Gasteiger partial charge in [-0.25, -0.2) is 12.8 Å². The van der Waals surface area contributed by atoms with Gasteiger partial charge in [-0.15, -0.1) is 0 Å². The fourth-order valence-electron chi connectivity index (χ4n) is 1.89. The average Bonchev–Trinajstić information content (AvgIpc) is 2.28. The Morgan fingerprint density at radius 3 is 3.06 bits per heavy atom. The maximum absolute atomic E-state index is 13.6. The molecule has 1 aliphatic heterocycles. The number of piperazine rings is 1. The van der Waals surface area contributed by atoms with Gasteiger partial charge in [0.25, 0.3) is 0 Å². The maximum atomic E-state index is 13.6. The molecule has 1 aromatic heterocycles. The Labute approximate surface area is 99.6 Å². The molecule has 0 aliphatic carbocycles. The van der Waals surface area contributed by atoms with Crippen molar-refractivity contribution in [1.82, 2.24) is 10.3 Å². The second kappa shape index (κ2) is 4.58. The molecule has 0 bridgehead atoms. The first-order valence-electron chi connectivity index (χ1n) is 5.18. The zero-order chi connectivity index (χ0) is 12.5. The molecule has 5 nitrogen and oxygen atoms in total. The minimum atomic E-state index is -3.28. The van der Waals surface area contributed by atoms with Gasteiger partial charge in [-0.2, -0.15) is 0 Å². The number of aromatic nitrogens is 1. The molecule has 1 atom stereocenters. The van der Waals surface area contributed by atoms with Crippen molar-refractivity contribution in [1.29, 1.82) is 0 Å². The van der Waals surface area contributed by atoms with E-state index in [9.17, 15) is 12.8 Å². The molecular weight excluding hydrogens is 245 g/mol. The molecule has 7 heteroatoms. The Bertz CT molecular complexity index is 506. The zero-order valence-electron chi connectivity index (χ0n) is 9.35. The lowest BCUT2D eigenvalue weighted by atomic mass is 10.3. The minimum absolute atomic E-state index is 0.233. The van der Waals surface area contributed by atoms with Crippen molar-refractivity contribution < 1.29 is 12.8 Å². The van der Waals surface area contributed by atoms with Gasteiger partial charge in [0, 0.05) is 32.1 Å². The summed E-state index contributed by atoms with van der Waals surface area (Å²) < 4.78 is 36.9. The van der Waals surface area contributed by atoms with E-state index in [1.165, 1.54) is 12.3 Å². The van der Waals surface area contributed by atoms with E-state index in [1.807, 2.05) is 0 Å². The molecule has 1 radical (unpaired) electrons. The van der Waals surface area contributed by atoms with Crippen LogP contribution < -0.4 is 10.2 Å². The molecule has 0 aromatic carbocycles. The lowest BCUT2D eigenvalue weighted by Gasteiger charge is -2.36. The lowest BCUT2D eigenvalue weighted by molar-refractivity contribution is 0.512.